The average molecular weight is 277 g/mol. The van der Waals surface area contributed by atoms with Crippen molar-refractivity contribution in [2.45, 2.75) is 45.8 Å². The molecule has 1 N–H and O–H groups in total. The van der Waals surface area contributed by atoms with Crippen molar-refractivity contribution in [1.82, 2.24) is 5.32 Å². The number of hydrogen-bond acceptors (Lipinski definition) is 3. The van der Waals surface area contributed by atoms with E-state index in [1.54, 1.807) is 0 Å². The van der Waals surface area contributed by atoms with Gasteiger partial charge in [0.1, 0.15) is 5.75 Å². The van der Waals surface area contributed by atoms with E-state index in [-0.39, 0.29) is 0 Å². The summed E-state index contributed by atoms with van der Waals surface area (Å²) in [5, 5.41) is 3.64. The van der Waals surface area contributed by atoms with Crippen LogP contribution in [-0.4, -0.2) is 25.9 Å². The van der Waals surface area contributed by atoms with Gasteiger partial charge in [0.25, 0.3) is 0 Å². The molecule has 3 atom stereocenters. The van der Waals surface area contributed by atoms with Crippen LogP contribution in [0.2, 0.25) is 0 Å². The van der Waals surface area contributed by atoms with Gasteiger partial charge in [0.05, 0.1) is 12.7 Å². The second-order valence-electron chi connectivity index (χ2n) is 5.31. The number of ether oxygens (including phenoxy) is 2. The minimum Gasteiger partial charge on any atom is -0.494 e. The molecule has 1 heterocycles. The Balaban J connectivity index is 2.21. The van der Waals surface area contributed by atoms with Gasteiger partial charge in [0.2, 0.25) is 0 Å². The summed E-state index contributed by atoms with van der Waals surface area (Å²) in [7, 11) is 0. The van der Waals surface area contributed by atoms with E-state index in [9.17, 15) is 0 Å². The molecule has 3 unspecified atom stereocenters. The largest absolute Gasteiger partial charge is 0.494 e. The summed E-state index contributed by atoms with van der Waals surface area (Å²) < 4.78 is 11.5. The van der Waals surface area contributed by atoms with Gasteiger partial charge in [-0.1, -0.05) is 26.0 Å². The summed E-state index contributed by atoms with van der Waals surface area (Å²) in [5.41, 5.74) is 1.31. The molecular weight excluding hydrogens is 250 g/mol. The smallest absolute Gasteiger partial charge is 0.119 e. The van der Waals surface area contributed by atoms with Crippen LogP contribution in [0.1, 0.15) is 45.2 Å². The zero-order valence-corrected chi connectivity index (χ0v) is 12.9. The maximum Gasteiger partial charge on any atom is 0.119 e. The van der Waals surface area contributed by atoms with E-state index in [0.717, 1.165) is 31.7 Å². The van der Waals surface area contributed by atoms with Gasteiger partial charge in [0, 0.05) is 18.6 Å². The highest BCUT2D eigenvalue weighted by Crippen LogP contribution is 2.35. The molecule has 0 bridgehead atoms. The fourth-order valence-electron chi connectivity index (χ4n) is 3.17. The fraction of sp³-hybridized carbons (Fsp3) is 0.647. The Labute approximate surface area is 122 Å². The molecule has 0 aromatic heterocycles. The van der Waals surface area contributed by atoms with E-state index in [4.69, 9.17) is 9.47 Å². The van der Waals surface area contributed by atoms with Crippen molar-refractivity contribution < 1.29 is 9.47 Å². The van der Waals surface area contributed by atoms with Crippen LogP contribution >= 0.6 is 0 Å². The van der Waals surface area contributed by atoms with E-state index in [1.807, 2.05) is 13.0 Å². The monoisotopic (exact) mass is 277 g/mol. The lowest BCUT2D eigenvalue weighted by Crippen LogP contribution is -2.32. The summed E-state index contributed by atoms with van der Waals surface area (Å²) in [5.74, 6) is 1.51. The molecule has 0 radical (unpaired) electrons. The predicted octanol–water partition coefficient (Wildman–Crippen LogP) is 3.55. The van der Waals surface area contributed by atoms with E-state index in [2.05, 4.69) is 37.4 Å². The lowest BCUT2D eigenvalue weighted by Gasteiger charge is -2.28. The Morgan fingerprint density at radius 2 is 2.20 bits per heavy atom. The van der Waals surface area contributed by atoms with E-state index < -0.39 is 0 Å². The van der Waals surface area contributed by atoms with Gasteiger partial charge in [0.15, 0.2) is 0 Å². The number of nitrogens with one attached hydrogen (secondary N) is 1. The van der Waals surface area contributed by atoms with Crippen molar-refractivity contribution in [3.8, 4) is 5.75 Å². The van der Waals surface area contributed by atoms with Crippen LogP contribution < -0.4 is 10.1 Å². The molecule has 0 spiro atoms. The fourth-order valence-corrected chi connectivity index (χ4v) is 3.17. The summed E-state index contributed by atoms with van der Waals surface area (Å²) in [6, 6.07) is 8.83. The van der Waals surface area contributed by atoms with Crippen LogP contribution in [0.15, 0.2) is 24.3 Å². The predicted molar refractivity (Wildman–Crippen MR) is 82.2 cm³/mol. The highest BCUT2D eigenvalue weighted by molar-refractivity contribution is 5.31. The van der Waals surface area contributed by atoms with Crippen LogP contribution in [0.4, 0.5) is 0 Å². The molecule has 112 valence electrons. The summed E-state index contributed by atoms with van der Waals surface area (Å²) in [4.78, 5) is 0. The Hall–Kier alpha value is -1.06. The first kappa shape index (κ1) is 15.3. The number of hydrogen-bond donors (Lipinski definition) is 1. The van der Waals surface area contributed by atoms with Crippen molar-refractivity contribution in [2.24, 2.45) is 5.92 Å². The van der Waals surface area contributed by atoms with Crippen LogP contribution in [0.25, 0.3) is 0 Å². The van der Waals surface area contributed by atoms with Crippen LogP contribution in [-0.2, 0) is 4.74 Å². The molecule has 3 heteroatoms. The zero-order valence-electron chi connectivity index (χ0n) is 12.9. The van der Waals surface area contributed by atoms with Crippen LogP contribution in [0.5, 0.6) is 5.75 Å². The molecule has 1 aromatic carbocycles. The highest BCUT2D eigenvalue weighted by Gasteiger charge is 2.34. The molecule has 0 amide bonds. The van der Waals surface area contributed by atoms with Crippen LogP contribution in [0.3, 0.4) is 0 Å². The van der Waals surface area contributed by atoms with Crippen molar-refractivity contribution >= 4 is 0 Å². The van der Waals surface area contributed by atoms with Gasteiger partial charge in [-0.05, 0) is 44.0 Å². The van der Waals surface area contributed by atoms with E-state index in [0.29, 0.717) is 24.7 Å². The first-order chi connectivity index (χ1) is 9.80. The highest BCUT2D eigenvalue weighted by atomic mass is 16.5. The van der Waals surface area contributed by atoms with Crippen molar-refractivity contribution in [3.05, 3.63) is 29.8 Å². The molecular formula is C17H27NO2. The maximum absolute atomic E-state index is 5.87. The lowest BCUT2D eigenvalue weighted by molar-refractivity contribution is 0.0775. The van der Waals surface area contributed by atoms with Gasteiger partial charge in [-0.15, -0.1) is 0 Å². The number of benzene rings is 1. The molecule has 1 saturated heterocycles. The van der Waals surface area contributed by atoms with Crippen molar-refractivity contribution in [1.29, 1.82) is 0 Å². The topological polar surface area (TPSA) is 30.5 Å². The minimum atomic E-state index is 0.354. The first-order valence-corrected chi connectivity index (χ1v) is 7.87. The first-order valence-electron chi connectivity index (χ1n) is 7.87. The quantitative estimate of drug-likeness (QED) is 0.826. The van der Waals surface area contributed by atoms with Crippen molar-refractivity contribution in [3.63, 3.8) is 0 Å². The van der Waals surface area contributed by atoms with Gasteiger partial charge in [-0.2, -0.15) is 0 Å². The Morgan fingerprint density at radius 1 is 1.35 bits per heavy atom. The van der Waals surface area contributed by atoms with Gasteiger partial charge < -0.3 is 14.8 Å². The van der Waals surface area contributed by atoms with Gasteiger partial charge in [-0.25, -0.2) is 0 Å². The molecule has 1 aliphatic heterocycles. The third-order valence-electron chi connectivity index (χ3n) is 4.04. The average Bonchev–Trinajstić information content (AvgIpc) is 2.93. The minimum absolute atomic E-state index is 0.354. The summed E-state index contributed by atoms with van der Waals surface area (Å²) in [6.45, 7) is 8.96. The van der Waals surface area contributed by atoms with E-state index in [1.165, 1.54) is 5.56 Å². The third-order valence-corrected chi connectivity index (χ3v) is 4.04. The van der Waals surface area contributed by atoms with E-state index >= 15 is 0 Å². The molecule has 3 nitrogen and oxygen atoms in total. The third kappa shape index (κ3) is 3.53. The molecule has 0 aliphatic carbocycles. The summed E-state index contributed by atoms with van der Waals surface area (Å²) >= 11 is 0. The molecule has 1 aromatic rings. The normalized spacial score (nSPS) is 23.8. The molecule has 1 fully saturated rings. The zero-order chi connectivity index (χ0) is 14.4. The van der Waals surface area contributed by atoms with Crippen molar-refractivity contribution in [2.75, 3.05) is 19.8 Å². The Morgan fingerprint density at radius 3 is 2.90 bits per heavy atom. The lowest BCUT2D eigenvalue weighted by atomic mass is 9.86. The second-order valence-corrected chi connectivity index (χ2v) is 5.31. The molecule has 0 saturated carbocycles. The maximum atomic E-state index is 5.87. The Kier molecular flexibility index (Phi) is 5.86. The molecule has 2 rings (SSSR count). The van der Waals surface area contributed by atoms with Crippen LogP contribution in [0, 0.1) is 5.92 Å². The molecule has 20 heavy (non-hydrogen) atoms. The standard InChI is InChI=1S/C17H27NO2/c1-4-16-15(10-11-20-16)17(18-5-2)13-8-7-9-14(12-13)19-6-3/h7-9,12,15-18H,4-6,10-11H2,1-3H3. The molecule has 1 aliphatic rings. The Bertz CT molecular complexity index is 408. The number of rotatable bonds is 7. The second kappa shape index (κ2) is 7.65. The van der Waals surface area contributed by atoms with Gasteiger partial charge in [-0.3, -0.25) is 0 Å². The van der Waals surface area contributed by atoms with Gasteiger partial charge >= 0.3 is 0 Å². The summed E-state index contributed by atoms with van der Waals surface area (Å²) in [6.07, 6.45) is 2.59. The SMILES string of the molecule is CCNC(c1cccc(OCC)c1)C1CCOC1CC.